The number of nitrogens with zero attached hydrogens (tertiary/aromatic N) is 3. The lowest BCUT2D eigenvalue weighted by Crippen LogP contribution is -2.36. The third-order valence-corrected chi connectivity index (χ3v) is 2.14. The van der Waals surface area contributed by atoms with Crippen LogP contribution in [0.3, 0.4) is 0 Å². The van der Waals surface area contributed by atoms with E-state index in [1.165, 1.54) is 0 Å². The summed E-state index contributed by atoms with van der Waals surface area (Å²) in [5.74, 6) is -0.511. The fraction of sp³-hybridized carbons (Fsp3) is 0.571. The summed E-state index contributed by atoms with van der Waals surface area (Å²) in [7, 11) is 0. The highest BCUT2D eigenvalue weighted by Crippen LogP contribution is 2.27. The first-order valence-corrected chi connectivity index (χ1v) is 4.44. The van der Waals surface area contributed by atoms with Crippen molar-refractivity contribution in [3.05, 3.63) is 10.1 Å². The molecular formula is C7H10N4O4. The summed E-state index contributed by atoms with van der Waals surface area (Å²) in [5, 5.41) is 19.8. The quantitative estimate of drug-likeness (QED) is 0.524. The Labute approximate surface area is 84.6 Å². The van der Waals surface area contributed by atoms with Crippen molar-refractivity contribution in [3.8, 4) is 5.88 Å². The van der Waals surface area contributed by atoms with E-state index in [1.807, 2.05) is 0 Å². The van der Waals surface area contributed by atoms with Crippen molar-refractivity contribution in [1.29, 1.82) is 0 Å². The van der Waals surface area contributed by atoms with Crippen LogP contribution in [-0.4, -0.2) is 46.3 Å². The molecule has 1 aliphatic heterocycles. The van der Waals surface area contributed by atoms with Crippen molar-refractivity contribution in [1.82, 2.24) is 9.97 Å². The molecule has 8 nitrogen and oxygen atoms in total. The Morgan fingerprint density at radius 2 is 2.20 bits per heavy atom. The summed E-state index contributed by atoms with van der Waals surface area (Å²) in [4.78, 5) is 17.4. The number of morpholine rings is 1. The molecule has 2 rings (SSSR count). The number of anilines is 1. The van der Waals surface area contributed by atoms with E-state index in [-0.39, 0.29) is 11.7 Å². The molecule has 0 spiro atoms. The molecule has 8 heteroatoms. The first kappa shape index (κ1) is 9.71. The maximum atomic E-state index is 10.4. The van der Waals surface area contributed by atoms with Crippen molar-refractivity contribution in [2.75, 3.05) is 31.2 Å². The Morgan fingerprint density at radius 1 is 1.53 bits per heavy atom. The first-order valence-electron chi connectivity index (χ1n) is 4.44. The van der Waals surface area contributed by atoms with Crippen molar-refractivity contribution in [2.45, 2.75) is 0 Å². The largest absolute Gasteiger partial charge is 0.480 e. The van der Waals surface area contributed by atoms with Gasteiger partial charge in [0, 0.05) is 13.1 Å². The lowest BCUT2D eigenvalue weighted by molar-refractivity contribution is -0.393. The van der Waals surface area contributed by atoms with Crippen LogP contribution in [0, 0.1) is 10.1 Å². The van der Waals surface area contributed by atoms with Crippen molar-refractivity contribution in [3.63, 3.8) is 0 Å². The molecule has 0 radical (unpaired) electrons. The van der Waals surface area contributed by atoms with Crippen LogP contribution in [0.2, 0.25) is 0 Å². The molecular weight excluding hydrogens is 204 g/mol. The van der Waals surface area contributed by atoms with E-state index in [9.17, 15) is 15.2 Å². The molecule has 2 heterocycles. The molecule has 1 aliphatic rings. The van der Waals surface area contributed by atoms with E-state index in [4.69, 9.17) is 4.74 Å². The van der Waals surface area contributed by atoms with Gasteiger partial charge in [0.25, 0.3) is 5.82 Å². The maximum absolute atomic E-state index is 10.4. The number of imidazole rings is 1. The van der Waals surface area contributed by atoms with Crippen molar-refractivity contribution < 1.29 is 14.8 Å². The normalized spacial score (nSPS) is 16.7. The smallest absolute Gasteiger partial charge is 0.437 e. The predicted octanol–water partition coefficient (Wildman–Crippen LogP) is -0.140. The predicted molar refractivity (Wildman–Crippen MR) is 49.9 cm³/mol. The van der Waals surface area contributed by atoms with Crippen LogP contribution in [0.25, 0.3) is 0 Å². The zero-order chi connectivity index (χ0) is 10.8. The van der Waals surface area contributed by atoms with Gasteiger partial charge in [0.1, 0.15) is 0 Å². The highest BCUT2D eigenvalue weighted by atomic mass is 16.6. The fourth-order valence-corrected chi connectivity index (χ4v) is 1.43. The summed E-state index contributed by atoms with van der Waals surface area (Å²) < 4.78 is 5.12. The zero-order valence-corrected chi connectivity index (χ0v) is 7.84. The average molecular weight is 214 g/mol. The SMILES string of the molecule is O=[N+]([O-])c1nc(N2CCOCC2)c(O)[nH]1. The number of ether oxygens (including phenoxy) is 1. The minimum atomic E-state index is -0.677. The van der Waals surface area contributed by atoms with Gasteiger partial charge in [-0.05, 0) is 9.91 Å². The molecule has 15 heavy (non-hydrogen) atoms. The summed E-state index contributed by atoms with van der Waals surface area (Å²) in [6.45, 7) is 2.19. The molecule has 0 aliphatic carbocycles. The molecule has 0 amide bonds. The number of nitrogens with one attached hydrogen (secondary N) is 1. The maximum Gasteiger partial charge on any atom is 0.437 e. The summed E-state index contributed by atoms with van der Waals surface area (Å²) in [5.41, 5.74) is 0. The standard InChI is InChI=1S/C7H10N4O4/c12-6-5(8-7(9-6)11(13)14)10-1-3-15-4-2-10/h12H,1-4H2,(H,8,9). The Balaban J connectivity index is 2.22. The number of hydrogen-bond donors (Lipinski definition) is 2. The minimum Gasteiger partial charge on any atom is -0.480 e. The van der Waals surface area contributed by atoms with E-state index in [0.29, 0.717) is 26.3 Å². The molecule has 0 saturated carbocycles. The van der Waals surface area contributed by atoms with E-state index in [2.05, 4.69) is 9.97 Å². The Hall–Kier alpha value is -1.83. The fourth-order valence-electron chi connectivity index (χ4n) is 1.43. The van der Waals surface area contributed by atoms with Gasteiger partial charge < -0.3 is 24.9 Å². The van der Waals surface area contributed by atoms with Crippen molar-refractivity contribution >= 4 is 11.8 Å². The number of rotatable bonds is 2. The lowest BCUT2D eigenvalue weighted by atomic mass is 10.4. The van der Waals surface area contributed by atoms with Crippen LogP contribution >= 0.6 is 0 Å². The van der Waals surface area contributed by atoms with Gasteiger partial charge in [-0.2, -0.15) is 0 Å². The van der Waals surface area contributed by atoms with Crippen LogP contribution < -0.4 is 4.90 Å². The summed E-state index contributed by atoms with van der Waals surface area (Å²) >= 11 is 0. The Morgan fingerprint density at radius 3 is 2.73 bits per heavy atom. The first-order chi connectivity index (χ1) is 7.18. The summed E-state index contributed by atoms with van der Waals surface area (Å²) in [6.07, 6.45) is 0. The average Bonchev–Trinajstić information content (AvgIpc) is 2.62. The van der Waals surface area contributed by atoms with E-state index in [1.54, 1.807) is 4.90 Å². The van der Waals surface area contributed by atoms with Crippen LogP contribution in [0.1, 0.15) is 0 Å². The van der Waals surface area contributed by atoms with Gasteiger partial charge in [-0.15, -0.1) is 0 Å². The van der Waals surface area contributed by atoms with Gasteiger partial charge in [-0.1, -0.05) is 0 Å². The van der Waals surface area contributed by atoms with Crippen LogP contribution in [-0.2, 0) is 4.74 Å². The molecule has 1 saturated heterocycles. The highest BCUT2D eigenvalue weighted by Gasteiger charge is 2.26. The number of aromatic nitrogens is 2. The van der Waals surface area contributed by atoms with E-state index in [0.717, 1.165) is 0 Å². The second kappa shape index (κ2) is 3.73. The topological polar surface area (TPSA) is 105 Å². The molecule has 0 unspecified atom stereocenters. The Bertz CT molecular complexity index is 371. The molecule has 2 N–H and O–H groups in total. The Kier molecular flexibility index (Phi) is 2.42. The molecule has 0 atom stereocenters. The van der Waals surface area contributed by atoms with Gasteiger partial charge in [0.05, 0.1) is 13.2 Å². The summed E-state index contributed by atoms with van der Waals surface area (Å²) in [6, 6.07) is 0. The molecule has 1 aromatic heterocycles. The lowest BCUT2D eigenvalue weighted by Gasteiger charge is -2.24. The third kappa shape index (κ3) is 1.84. The number of aromatic hydroxyl groups is 1. The zero-order valence-electron chi connectivity index (χ0n) is 7.84. The molecule has 0 aromatic carbocycles. The van der Waals surface area contributed by atoms with Gasteiger partial charge >= 0.3 is 11.8 Å². The third-order valence-electron chi connectivity index (χ3n) is 2.14. The number of aromatic amines is 1. The molecule has 1 aromatic rings. The van der Waals surface area contributed by atoms with Gasteiger partial charge in [-0.25, -0.2) is 4.98 Å². The molecule has 82 valence electrons. The van der Waals surface area contributed by atoms with E-state index >= 15 is 0 Å². The van der Waals surface area contributed by atoms with Gasteiger partial charge in [-0.3, -0.25) is 0 Å². The van der Waals surface area contributed by atoms with Crippen molar-refractivity contribution in [2.24, 2.45) is 0 Å². The van der Waals surface area contributed by atoms with Crippen LogP contribution in [0.4, 0.5) is 11.8 Å². The molecule has 1 fully saturated rings. The van der Waals surface area contributed by atoms with E-state index < -0.39 is 10.9 Å². The molecule has 0 bridgehead atoms. The van der Waals surface area contributed by atoms with Crippen LogP contribution in [0.15, 0.2) is 0 Å². The van der Waals surface area contributed by atoms with Gasteiger partial charge in [0.15, 0.2) is 0 Å². The second-order valence-electron chi connectivity index (χ2n) is 3.09. The minimum absolute atomic E-state index is 0.213. The highest BCUT2D eigenvalue weighted by molar-refractivity contribution is 5.51. The second-order valence-corrected chi connectivity index (χ2v) is 3.09. The van der Waals surface area contributed by atoms with Gasteiger partial charge in [0.2, 0.25) is 0 Å². The number of H-pyrrole nitrogens is 1. The number of nitro groups is 1. The van der Waals surface area contributed by atoms with Crippen LogP contribution in [0.5, 0.6) is 5.88 Å². The monoisotopic (exact) mass is 214 g/mol. The number of hydrogen-bond acceptors (Lipinski definition) is 6.